The van der Waals surface area contributed by atoms with Crippen molar-refractivity contribution in [2.24, 2.45) is 11.8 Å². The Kier molecular flexibility index (Phi) is 5.02. The molecule has 5 heteroatoms. The van der Waals surface area contributed by atoms with Crippen molar-refractivity contribution in [1.29, 1.82) is 0 Å². The van der Waals surface area contributed by atoms with E-state index in [-0.39, 0.29) is 11.9 Å². The first-order valence-electron chi connectivity index (χ1n) is 6.92. The van der Waals surface area contributed by atoms with E-state index in [1.165, 1.54) is 0 Å². The number of carbonyl (C=O) groups excluding carboxylic acids is 1. The van der Waals surface area contributed by atoms with Crippen molar-refractivity contribution in [3.05, 3.63) is 47.0 Å². The molecule has 0 heterocycles. The number of halogens is 1. The van der Waals surface area contributed by atoms with Crippen molar-refractivity contribution in [2.45, 2.75) is 25.8 Å². The van der Waals surface area contributed by atoms with Gasteiger partial charge in [0.2, 0.25) is 5.91 Å². The van der Waals surface area contributed by atoms with Crippen LogP contribution in [-0.4, -0.2) is 17.0 Å². The minimum atomic E-state index is -0.921. The van der Waals surface area contributed by atoms with E-state index in [1.54, 1.807) is 12.1 Å². The minimum absolute atomic E-state index is 0.212. The van der Waals surface area contributed by atoms with Gasteiger partial charge >= 0.3 is 5.97 Å². The van der Waals surface area contributed by atoms with Gasteiger partial charge in [-0.2, -0.15) is 0 Å². The maximum absolute atomic E-state index is 12.3. The summed E-state index contributed by atoms with van der Waals surface area (Å²) in [5.41, 5.74) is 0.897. The van der Waals surface area contributed by atoms with Gasteiger partial charge in [0.1, 0.15) is 0 Å². The van der Waals surface area contributed by atoms with Crippen molar-refractivity contribution >= 4 is 23.5 Å². The highest BCUT2D eigenvalue weighted by Crippen LogP contribution is 2.27. The second-order valence-corrected chi connectivity index (χ2v) is 5.72. The van der Waals surface area contributed by atoms with Gasteiger partial charge in [-0.05, 0) is 37.5 Å². The maximum Gasteiger partial charge on any atom is 0.307 e. The van der Waals surface area contributed by atoms with Crippen molar-refractivity contribution in [1.82, 2.24) is 5.32 Å². The number of nitrogens with one attached hydrogen (secondary N) is 1. The van der Waals surface area contributed by atoms with Crippen LogP contribution in [0.1, 0.15) is 31.4 Å². The summed E-state index contributed by atoms with van der Waals surface area (Å²) in [6.07, 6.45) is 4.56. The summed E-state index contributed by atoms with van der Waals surface area (Å²) >= 11 is 5.94. The number of benzene rings is 1. The summed E-state index contributed by atoms with van der Waals surface area (Å²) in [5.74, 6) is -2.31. The topological polar surface area (TPSA) is 66.4 Å². The summed E-state index contributed by atoms with van der Waals surface area (Å²) < 4.78 is 0. The first-order chi connectivity index (χ1) is 9.99. The lowest BCUT2D eigenvalue weighted by atomic mass is 9.82. The number of allylic oxidation sites excluding steroid dienone is 2. The number of amides is 1. The molecule has 0 aliphatic heterocycles. The van der Waals surface area contributed by atoms with Gasteiger partial charge in [-0.15, -0.1) is 0 Å². The van der Waals surface area contributed by atoms with E-state index in [4.69, 9.17) is 11.6 Å². The highest BCUT2D eigenvalue weighted by Gasteiger charge is 2.34. The van der Waals surface area contributed by atoms with Crippen LogP contribution >= 0.6 is 11.6 Å². The van der Waals surface area contributed by atoms with Crippen LogP contribution in [0.25, 0.3) is 0 Å². The van der Waals surface area contributed by atoms with E-state index >= 15 is 0 Å². The Labute approximate surface area is 128 Å². The molecule has 112 valence electrons. The molecule has 1 unspecified atom stereocenters. The lowest BCUT2D eigenvalue weighted by molar-refractivity contribution is -0.147. The van der Waals surface area contributed by atoms with Crippen LogP contribution in [0.4, 0.5) is 0 Å². The molecule has 21 heavy (non-hydrogen) atoms. The Morgan fingerprint density at radius 1 is 1.29 bits per heavy atom. The monoisotopic (exact) mass is 307 g/mol. The number of aliphatic carboxylic acids is 1. The third-order valence-electron chi connectivity index (χ3n) is 3.79. The zero-order valence-corrected chi connectivity index (χ0v) is 12.5. The van der Waals surface area contributed by atoms with Gasteiger partial charge in [0.05, 0.1) is 17.9 Å². The van der Waals surface area contributed by atoms with Gasteiger partial charge in [-0.1, -0.05) is 35.9 Å². The lowest BCUT2D eigenvalue weighted by Gasteiger charge is -2.26. The molecule has 1 aromatic rings. The Morgan fingerprint density at radius 3 is 2.57 bits per heavy atom. The molecule has 0 spiro atoms. The van der Waals surface area contributed by atoms with Crippen LogP contribution < -0.4 is 5.32 Å². The first-order valence-corrected chi connectivity index (χ1v) is 7.30. The quantitative estimate of drug-likeness (QED) is 0.840. The van der Waals surface area contributed by atoms with Gasteiger partial charge < -0.3 is 10.4 Å². The fraction of sp³-hybridized carbons (Fsp3) is 0.375. The van der Waals surface area contributed by atoms with Gasteiger partial charge in [-0.3, -0.25) is 9.59 Å². The highest BCUT2D eigenvalue weighted by atomic mass is 35.5. The molecule has 1 aromatic carbocycles. The summed E-state index contributed by atoms with van der Waals surface area (Å²) in [7, 11) is 0. The van der Waals surface area contributed by atoms with Gasteiger partial charge in [-0.25, -0.2) is 0 Å². The van der Waals surface area contributed by atoms with Gasteiger partial charge in [0, 0.05) is 5.02 Å². The molecule has 0 aromatic heterocycles. The SMILES string of the molecule is CC(NC(=O)[C@@H]1CC=CC[C@@H]1C(=O)O)c1cccc(Cl)c1. The molecule has 1 aliphatic rings. The summed E-state index contributed by atoms with van der Waals surface area (Å²) in [5, 5.41) is 12.7. The van der Waals surface area contributed by atoms with Crippen LogP contribution in [0.2, 0.25) is 5.02 Å². The largest absolute Gasteiger partial charge is 0.481 e. The van der Waals surface area contributed by atoms with Gasteiger partial charge in [0.25, 0.3) is 0 Å². The molecule has 1 amide bonds. The standard InChI is InChI=1S/C16H18ClNO3/c1-10(11-5-4-6-12(17)9-11)18-15(19)13-7-2-3-8-14(13)16(20)21/h2-6,9-10,13-14H,7-8H2,1H3,(H,18,19)(H,20,21)/t10?,13-,14+/m1/s1. The molecule has 0 fully saturated rings. The second-order valence-electron chi connectivity index (χ2n) is 5.28. The van der Waals surface area contributed by atoms with E-state index in [0.717, 1.165) is 5.56 Å². The molecule has 0 bridgehead atoms. The van der Waals surface area contributed by atoms with Crippen LogP contribution in [0.5, 0.6) is 0 Å². The summed E-state index contributed by atoms with van der Waals surface area (Å²) in [6, 6.07) is 7.06. The summed E-state index contributed by atoms with van der Waals surface area (Å²) in [4.78, 5) is 23.6. The average Bonchev–Trinajstić information content (AvgIpc) is 2.47. The molecule has 2 N–H and O–H groups in total. The highest BCUT2D eigenvalue weighted by molar-refractivity contribution is 6.30. The number of carbonyl (C=O) groups is 2. The summed E-state index contributed by atoms with van der Waals surface area (Å²) in [6.45, 7) is 1.86. The molecule has 2 rings (SSSR count). The van der Waals surface area contributed by atoms with E-state index in [2.05, 4.69) is 5.32 Å². The zero-order chi connectivity index (χ0) is 15.4. The van der Waals surface area contributed by atoms with Crippen LogP contribution in [0, 0.1) is 11.8 Å². The fourth-order valence-corrected chi connectivity index (χ4v) is 2.76. The van der Waals surface area contributed by atoms with Crippen LogP contribution in [0.15, 0.2) is 36.4 Å². The van der Waals surface area contributed by atoms with Crippen molar-refractivity contribution < 1.29 is 14.7 Å². The second kappa shape index (κ2) is 6.76. The van der Waals surface area contributed by atoms with E-state index in [1.807, 2.05) is 31.2 Å². The fourth-order valence-electron chi connectivity index (χ4n) is 2.56. The molecule has 0 saturated carbocycles. The third-order valence-corrected chi connectivity index (χ3v) is 4.03. The molecule has 0 saturated heterocycles. The Bertz CT molecular complexity index is 570. The molecular formula is C16H18ClNO3. The Balaban J connectivity index is 2.06. The van der Waals surface area contributed by atoms with E-state index in [0.29, 0.717) is 17.9 Å². The van der Waals surface area contributed by atoms with Crippen LogP contribution in [0.3, 0.4) is 0 Å². The number of rotatable bonds is 4. The smallest absolute Gasteiger partial charge is 0.307 e. The number of carboxylic acids is 1. The van der Waals surface area contributed by atoms with Crippen molar-refractivity contribution in [3.63, 3.8) is 0 Å². The lowest BCUT2D eigenvalue weighted by Crippen LogP contribution is -2.39. The normalized spacial score (nSPS) is 22.6. The number of hydrogen-bond acceptors (Lipinski definition) is 2. The third kappa shape index (κ3) is 3.85. The van der Waals surface area contributed by atoms with Gasteiger partial charge in [0.15, 0.2) is 0 Å². The number of carboxylic acid groups (broad SMARTS) is 1. The van der Waals surface area contributed by atoms with Crippen molar-refractivity contribution in [2.75, 3.05) is 0 Å². The first kappa shape index (κ1) is 15.6. The molecule has 3 atom stereocenters. The Hall–Kier alpha value is -1.81. The maximum atomic E-state index is 12.3. The zero-order valence-electron chi connectivity index (χ0n) is 11.8. The molecule has 4 nitrogen and oxygen atoms in total. The predicted octanol–water partition coefficient (Wildman–Crippen LogP) is 3.18. The minimum Gasteiger partial charge on any atom is -0.481 e. The Morgan fingerprint density at radius 2 is 1.95 bits per heavy atom. The van der Waals surface area contributed by atoms with E-state index < -0.39 is 17.8 Å². The number of hydrogen-bond donors (Lipinski definition) is 2. The van der Waals surface area contributed by atoms with Crippen molar-refractivity contribution in [3.8, 4) is 0 Å². The van der Waals surface area contributed by atoms with E-state index in [9.17, 15) is 14.7 Å². The molecule has 0 radical (unpaired) electrons. The molecular weight excluding hydrogens is 290 g/mol. The van der Waals surface area contributed by atoms with Crippen LogP contribution in [-0.2, 0) is 9.59 Å². The molecule has 1 aliphatic carbocycles. The predicted molar refractivity (Wildman–Crippen MR) is 81.0 cm³/mol. The average molecular weight is 308 g/mol.